The molecule has 2 aromatic carbocycles. The molecule has 29 heavy (non-hydrogen) atoms. The largest absolute Gasteiger partial charge is 0.340 e. The smallest absolute Gasteiger partial charge is 0.165 e. The van der Waals surface area contributed by atoms with Gasteiger partial charge < -0.3 is 5.32 Å². The summed E-state index contributed by atoms with van der Waals surface area (Å²) in [6.45, 7) is 8.53. The van der Waals surface area contributed by atoms with E-state index in [1.54, 1.807) is 12.1 Å². The number of hydrogen-bond donors (Lipinski definition) is 1. The molecule has 2 heterocycles. The highest BCUT2D eigenvalue weighted by Crippen LogP contribution is 2.32. The molecule has 0 saturated carbocycles. The molecule has 148 valence electrons. The maximum absolute atomic E-state index is 6.19. The van der Waals surface area contributed by atoms with Crippen molar-refractivity contribution in [2.24, 2.45) is 0 Å². The minimum atomic E-state index is -0.120. The number of fused-ring (bicyclic) bond motifs is 1. The van der Waals surface area contributed by atoms with Crippen molar-refractivity contribution in [3.8, 4) is 11.1 Å². The first-order chi connectivity index (χ1) is 13.7. The molecule has 4 aromatic rings. The summed E-state index contributed by atoms with van der Waals surface area (Å²) >= 11 is 12.3. The highest BCUT2D eigenvalue weighted by Gasteiger charge is 2.21. The van der Waals surface area contributed by atoms with E-state index >= 15 is 0 Å². The number of nitrogens with one attached hydrogen (secondary N) is 1. The lowest BCUT2D eigenvalue weighted by Gasteiger charge is -2.20. The second-order valence-corrected chi connectivity index (χ2v) is 9.00. The standard InChI is InChI=1S/C23H22Cl2N4/c1-14-5-7-15(8-6-14)17-13-26-29-21(12-20(23(2,3)4)28-22(17)29)27-16-9-10-18(24)19(25)11-16/h5-13,27H,1-4H3. The zero-order chi connectivity index (χ0) is 20.8. The third-order valence-corrected chi connectivity index (χ3v) is 5.53. The van der Waals surface area contributed by atoms with Crippen LogP contribution in [0.4, 0.5) is 11.5 Å². The number of hydrogen-bond acceptors (Lipinski definition) is 3. The molecule has 0 aliphatic carbocycles. The van der Waals surface area contributed by atoms with Gasteiger partial charge in [-0.1, -0.05) is 73.8 Å². The number of aromatic nitrogens is 3. The first-order valence-electron chi connectivity index (χ1n) is 9.41. The lowest BCUT2D eigenvalue weighted by molar-refractivity contribution is 0.569. The van der Waals surface area contributed by atoms with Gasteiger partial charge in [0, 0.05) is 22.7 Å². The fourth-order valence-electron chi connectivity index (χ4n) is 3.09. The first kappa shape index (κ1) is 19.7. The summed E-state index contributed by atoms with van der Waals surface area (Å²) < 4.78 is 1.83. The summed E-state index contributed by atoms with van der Waals surface area (Å²) in [6, 6.07) is 15.9. The Hall–Kier alpha value is -2.56. The van der Waals surface area contributed by atoms with Gasteiger partial charge in [0.25, 0.3) is 0 Å². The molecule has 2 aromatic heterocycles. The van der Waals surface area contributed by atoms with Gasteiger partial charge in [-0.25, -0.2) is 4.98 Å². The zero-order valence-corrected chi connectivity index (χ0v) is 18.3. The molecule has 0 unspecified atom stereocenters. The van der Waals surface area contributed by atoms with Crippen LogP contribution < -0.4 is 5.32 Å². The van der Waals surface area contributed by atoms with Gasteiger partial charge in [0.15, 0.2) is 5.65 Å². The molecular weight excluding hydrogens is 403 g/mol. The number of halogens is 2. The number of anilines is 2. The molecular formula is C23H22Cl2N4. The molecule has 0 aliphatic heterocycles. The predicted octanol–water partition coefficient (Wildman–Crippen LogP) is 7.05. The van der Waals surface area contributed by atoms with Crippen LogP contribution >= 0.6 is 23.2 Å². The van der Waals surface area contributed by atoms with E-state index in [0.29, 0.717) is 10.0 Å². The topological polar surface area (TPSA) is 42.2 Å². The summed E-state index contributed by atoms with van der Waals surface area (Å²) in [5.41, 5.74) is 5.79. The van der Waals surface area contributed by atoms with E-state index in [1.165, 1.54) is 5.56 Å². The summed E-state index contributed by atoms with van der Waals surface area (Å²) in [5, 5.41) is 9.05. The van der Waals surface area contributed by atoms with E-state index in [0.717, 1.165) is 34.0 Å². The molecule has 6 heteroatoms. The first-order valence-corrected chi connectivity index (χ1v) is 10.2. The minimum Gasteiger partial charge on any atom is -0.340 e. The average molecular weight is 425 g/mol. The third-order valence-electron chi connectivity index (χ3n) is 4.79. The maximum atomic E-state index is 6.19. The van der Waals surface area contributed by atoms with Crippen LogP contribution in [0.5, 0.6) is 0 Å². The van der Waals surface area contributed by atoms with Crippen molar-refractivity contribution < 1.29 is 0 Å². The molecule has 0 bridgehead atoms. The van der Waals surface area contributed by atoms with Crippen molar-refractivity contribution in [1.82, 2.24) is 14.6 Å². The highest BCUT2D eigenvalue weighted by molar-refractivity contribution is 6.42. The van der Waals surface area contributed by atoms with E-state index in [-0.39, 0.29) is 5.41 Å². The summed E-state index contributed by atoms with van der Waals surface area (Å²) in [5.74, 6) is 0.816. The Morgan fingerprint density at radius 3 is 2.31 bits per heavy atom. The Kier molecular flexibility index (Phi) is 5.01. The van der Waals surface area contributed by atoms with Gasteiger partial charge >= 0.3 is 0 Å². The average Bonchev–Trinajstić information content (AvgIpc) is 3.09. The van der Waals surface area contributed by atoms with E-state index < -0.39 is 0 Å². The van der Waals surface area contributed by atoms with Crippen LogP contribution in [0, 0.1) is 6.92 Å². The Morgan fingerprint density at radius 1 is 0.931 bits per heavy atom. The van der Waals surface area contributed by atoms with E-state index in [4.69, 9.17) is 28.2 Å². The zero-order valence-electron chi connectivity index (χ0n) is 16.8. The summed E-state index contributed by atoms with van der Waals surface area (Å²) in [6.07, 6.45) is 1.86. The van der Waals surface area contributed by atoms with Gasteiger partial charge in [-0.05, 0) is 30.7 Å². The van der Waals surface area contributed by atoms with Crippen molar-refractivity contribution in [2.75, 3.05) is 5.32 Å². The van der Waals surface area contributed by atoms with Gasteiger partial charge in [-0.3, -0.25) is 0 Å². The van der Waals surface area contributed by atoms with Crippen molar-refractivity contribution in [3.63, 3.8) is 0 Å². The molecule has 4 nitrogen and oxygen atoms in total. The molecule has 0 aliphatic rings. The fraction of sp³-hybridized carbons (Fsp3) is 0.217. The van der Waals surface area contributed by atoms with Crippen LogP contribution in [-0.2, 0) is 5.41 Å². The predicted molar refractivity (Wildman–Crippen MR) is 122 cm³/mol. The molecule has 0 saturated heterocycles. The number of nitrogens with zero attached hydrogens (tertiary/aromatic N) is 3. The molecule has 0 radical (unpaired) electrons. The van der Waals surface area contributed by atoms with Crippen molar-refractivity contribution in [1.29, 1.82) is 0 Å². The summed E-state index contributed by atoms with van der Waals surface area (Å²) in [4.78, 5) is 4.95. The van der Waals surface area contributed by atoms with Crippen LogP contribution in [0.25, 0.3) is 16.8 Å². The van der Waals surface area contributed by atoms with Crippen LogP contribution in [0.1, 0.15) is 32.0 Å². The second kappa shape index (κ2) is 7.36. The van der Waals surface area contributed by atoms with Gasteiger partial charge in [0.1, 0.15) is 5.82 Å². The number of aryl methyl sites for hydroxylation is 1. The Balaban J connectivity index is 1.89. The molecule has 0 spiro atoms. The SMILES string of the molecule is Cc1ccc(-c2cnn3c(Nc4ccc(Cl)c(Cl)c4)cc(C(C)(C)C)nc23)cc1. The normalized spacial score (nSPS) is 11.8. The molecule has 0 atom stereocenters. The lowest BCUT2D eigenvalue weighted by Crippen LogP contribution is -2.16. The summed E-state index contributed by atoms with van der Waals surface area (Å²) in [7, 11) is 0. The van der Waals surface area contributed by atoms with E-state index in [2.05, 4.69) is 62.4 Å². The monoisotopic (exact) mass is 424 g/mol. The van der Waals surface area contributed by atoms with Gasteiger partial charge in [0.05, 0.1) is 21.9 Å². The van der Waals surface area contributed by atoms with Crippen molar-refractivity contribution in [2.45, 2.75) is 33.1 Å². The Morgan fingerprint density at radius 2 is 1.66 bits per heavy atom. The molecule has 0 fully saturated rings. The molecule has 1 N–H and O–H groups in total. The van der Waals surface area contributed by atoms with E-state index in [1.807, 2.05) is 22.8 Å². The van der Waals surface area contributed by atoms with E-state index in [9.17, 15) is 0 Å². The van der Waals surface area contributed by atoms with Crippen LogP contribution in [-0.4, -0.2) is 14.6 Å². The quantitative estimate of drug-likeness (QED) is 0.382. The van der Waals surface area contributed by atoms with Gasteiger partial charge in [-0.2, -0.15) is 9.61 Å². The van der Waals surface area contributed by atoms with Crippen LogP contribution in [0.3, 0.4) is 0 Å². The van der Waals surface area contributed by atoms with Crippen molar-refractivity contribution in [3.05, 3.63) is 76.0 Å². The number of rotatable bonds is 3. The third kappa shape index (κ3) is 3.96. The minimum absolute atomic E-state index is 0.120. The molecule has 0 amide bonds. The molecule has 4 rings (SSSR count). The van der Waals surface area contributed by atoms with Crippen LogP contribution in [0.15, 0.2) is 54.7 Å². The van der Waals surface area contributed by atoms with Crippen molar-refractivity contribution >= 4 is 40.4 Å². The second-order valence-electron chi connectivity index (χ2n) is 8.19. The van der Waals surface area contributed by atoms with Gasteiger partial charge in [-0.15, -0.1) is 0 Å². The highest BCUT2D eigenvalue weighted by atomic mass is 35.5. The Bertz CT molecular complexity index is 1190. The van der Waals surface area contributed by atoms with Crippen LogP contribution in [0.2, 0.25) is 10.0 Å². The van der Waals surface area contributed by atoms with Gasteiger partial charge in [0.2, 0.25) is 0 Å². The number of benzene rings is 2. The Labute approximate surface area is 180 Å². The fourth-order valence-corrected chi connectivity index (χ4v) is 3.39. The lowest BCUT2D eigenvalue weighted by atomic mass is 9.92. The maximum Gasteiger partial charge on any atom is 0.165 e.